The molecule has 8 heteroatoms. The van der Waals surface area contributed by atoms with E-state index in [4.69, 9.17) is 16.3 Å². The Hall–Kier alpha value is -1.05. The summed E-state index contributed by atoms with van der Waals surface area (Å²) in [6.07, 6.45) is -3.11. The van der Waals surface area contributed by atoms with E-state index in [2.05, 4.69) is 24.6 Å². The van der Waals surface area contributed by atoms with Crippen molar-refractivity contribution in [3.05, 3.63) is 29.0 Å². The summed E-state index contributed by atoms with van der Waals surface area (Å²) in [7, 11) is -1.29. The van der Waals surface area contributed by atoms with Crippen LogP contribution in [0.3, 0.4) is 0 Å². The fourth-order valence-corrected chi connectivity index (χ4v) is 3.19. The zero-order valence-corrected chi connectivity index (χ0v) is 14.4. The first kappa shape index (κ1) is 17.3. The molecule has 0 saturated heterocycles. The molecule has 0 aliphatic rings. The van der Waals surface area contributed by atoms with E-state index >= 15 is 0 Å². The van der Waals surface area contributed by atoms with Crippen LogP contribution in [0.5, 0.6) is 0 Å². The molecule has 2 heterocycles. The first-order valence-corrected chi connectivity index (χ1v) is 11.0. The van der Waals surface area contributed by atoms with Gasteiger partial charge in [-0.15, -0.1) is 0 Å². The second-order valence-electron chi connectivity index (χ2n) is 6.31. The summed E-state index contributed by atoms with van der Waals surface area (Å²) < 4.78 is 46.2. The molecule has 0 aromatic carbocycles. The molecule has 0 fully saturated rings. The van der Waals surface area contributed by atoms with E-state index in [0.717, 1.165) is 10.6 Å². The Balaban J connectivity index is 2.31. The number of pyridine rings is 1. The highest BCUT2D eigenvalue weighted by Crippen LogP contribution is 2.40. The van der Waals surface area contributed by atoms with Gasteiger partial charge in [-0.1, -0.05) is 31.2 Å². The molecule has 0 aliphatic heterocycles. The number of fused-ring (bicyclic) bond motifs is 1. The summed E-state index contributed by atoms with van der Waals surface area (Å²) in [6.45, 7) is 6.76. The summed E-state index contributed by atoms with van der Waals surface area (Å²) in [5, 5.41) is -0.0466. The molecule has 0 N–H and O–H groups in total. The highest BCUT2D eigenvalue weighted by molar-refractivity contribution is 6.76. The molecule has 0 unspecified atom stereocenters. The topological polar surface area (TPSA) is 27.1 Å². The Morgan fingerprint density at radius 1 is 1.32 bits per heavy atom. The maximum atomic E-state index is 13.3. The second kappa shape index (κ2) is 6.21. The Kier molecular flexibility index (Phi) is 4.89. The Morgan fingerprint density at radius 2 is 2.00 bits per heavy atom. The number of hydrogen-bond acceptors (Lipinski definition) is 2. The molecule has 122 valence electrons. The smallest absolute Gasteiger partial charge is 0.361 e. The summed E-state index contributed by atoms with van der Waals surface area (Å²) in [4.78, 5) is 4.01. The maximum absolute atomic E-state index is 13.3. The molecule has 0 aliphatic carbocycles. The Morgan fingerprint density at radius 3 is 2.59 bits per heavy atom. The molecular formula is C14H18ClF3N2OSi. The van der Waals surface area contributed by atoms with Gasteiger partial charge in [-0.25, -0.2) is 4.98 Å². The monoisotopic (exact) mass is 350 g/mol. The first-order chi connectivity index (χ1) is 10.1. The average molecular weight is 351 g/mol. The van der Waals surface area contributed by atoms with Gasteiger partial charge in [0, 0.05) is 26.3 Å². The molecule has 0 atom stereocenters. The number of alkyl halides is 3. The number of ether oxygens (including phenoxy) is 1. The summed E-state index contributed by atoms with van der Waals surface area (Å²) >= 11 is 5.90. The lowest BCUT2D eigenvalue weighted by atomic mass is 10.3. The van der Waals surface area contributed by atoms with Crippen LogP contribution in [0.25, 0.3) is 11.0 Å². The highest BCUT2D eigenvalue weighted by atomic mass is 35.5. The van der Waals surface area contributed by atoms with Crippen molar-refractivity contribution < 1.29 is 17.9 Å². The number of aromatic nitrogens is 2. The highest BCUT2D eigenvalue weighted by Gasteiger charge is 2.39. The van der Waals surface area contributed by atoms with Gasteiger partial charge in [0.05, 0.1) is 5.02 Å². The van der Waals surface area contributed by atoms with Crippen LogP contribution in [0.1, 0.15) is 5.69 Å². The van der Waals surface area contributed by atoms with Crippen molar-refractivity contribution in [3.63, 3.8) is 0 Å². The number of halogens is 4. The van der Waals surface area contributed by atoms with E-state index < -0.39 is 19.9 Å². The van der Waals surface area contributed by atoms with Gasteiger partial charge in [-0.05, 0) is 18.2 Å². The van der Waals surface area contributed by atoms with Crippen LogP contribution in [-0.2, 0) is 17.6 Å². The van der Waals surface area contributed by atoms with Crippen LogP contribution in [0.15, 0.2) is 18.3 Å². The van der Waals surface area contributed by atoms with Crippen LogP contribution < -0.4 is 0 Å². The van der Waals surface area contributed by atoms with Gasteiger partial charge < -0.3 is 4.74 Å². The average Bonchev–Trinajstić information content (AvgIpc) is 2.67. The number of hydrogen-bond donors (Lipinski definition) is 0. The maximum Gasteiger partial charge on any atom is 0.433 e. The SMILES string of the molecule is C[Si](C)(C)CCOCn1c(C(F)(F)F)c(Cl)c2cccnc21. The zero-order chi connectivity index (χ0) is 16.5. The molecule has 3 nitrogen and oxygen atoms in total. The van der Waals surface area contributed by atoms with Crippen LogP contribution in [0.4, 0.5) is 13.2 Å². The molecule has 0 radical (unpaired) electrons. The van der Waals surface area contributed by atoms with Crippen LogP contribution in [-0.4, -0.2) is 24.2 Å². The summed E-state index contributed by atoms with van der Waals surface area (Å²) in [5.41, 5.74) is -0.719. The minimum atomic E-state index is -4.56. The summed E-state index contributed by atoms with van der Waals surface area (Å²) in [6, 6.07) is 3.97. The lowest BCUT2D eigenvalue weighted by Gasteiger charge is -2.17. The van der Waals surface area contributed by atoms with E-state index in [1.807, 2.05) is 0 Å². The minimum absolute atomic E-state index is 0.188. The number of nitrogens with zero attached hydrogens (tertiary/aromatic N) is 2. The standard InChI is InChI=1S/C14H18ClF3N2OSi/c1-22(2,3)8-7-21-9-20-12(14(16,17)18)11(15)10-5-4-6-19-13(10)20/h4-6H,7-9H2,1-3H3. The first-order valence-electron chi connectivity index (χ1n) is 6.89. The van der Waals surface area contributed by atoms with Gasteiger partial charge in [-0.3, -0.25) is 4.57 Å². The predicted octanol–water partition coefficient (Wildman–Crippen LogP) is 5.02. The molecule has 0 spiro atoms. The third-order valence-corrected chi connectivity index (χ3v) is 5.33. The molecule has 22 heavy (non-hydrogen) atoms. The van der Waals surface area contributed by atoms with Gasteiger partial charge in [0.2, 0.25) is 0 Å². The summed E-state index contributed by atoms with van der Waals surface area (Å²) in [5.74, 6) is 0. The van der Waals surface area contributed by atoms with E-state index in [1.165, 1.54) is 12.3 Å². The molecule has 0 saturated carbocycles. The minimum Gasteiger partial charge on any atom is -0.361 e. The van der Waals surface area contributed by atoms with Crippen LogP contribution in [0.2, 0.25) is 30.7 Å². The number of rotatable bonds is 5. The van der Waals surface area contributed by atoms with Crippen LogP contribution in [0, 0.1) is 0 Å². The molecule has 2 aromatic rings. The van der Waals surface area contributed by atoms with E-state index in [-0.39, 0.29) is 22.8 Å². The Labute approximate surface area is 133 Å². The molecule has 2 aromatic heterocycles. The normalized spacial score (nSPS) is 13.0. The molecule has 0 bridgehead atoms. The van der Waals surface area contributed by atoms with E-state index in [0.29, 0.717) is 6.61 Å². The zero-order valence-electron chi connectivity index (χ0n) is 12.7. The third kappa shape index (κ3) is 3.82. The molecular weight excluding hydrogens is 333 g/mol. The van der Waals surface area contributed by atoms with Crippen molar-refractivity contribution in [2.24, 2.45) is 0 Å². The van der Waals surface area contributed by atoms with Gasteiger partial charge in [-0.2, -0.15) is 13.2 Å². The molecule has 0 amide bonds. The Bertz CT molecular complexity index is 664. The lowest BCUT2D eigenvalue weighted by Crippen LogP contribution is -2.22. The van der Waals surface area contributed by atoms with E-state index in [1.54, 1.807) is 6.07 Å². The van der Waals surface area contributed by atoms with Crippen molar-refractivity contribution in [2.75, 3.05) is 6.61 Å². The quantitative estimate of drug-likeness (QED) is 0.559. The van der Waals surface area contributed by atoms with Crippen molar-refractivity contribution >= 4 is 30.7 Å². The third-order valence-electron chi connectivity index (χ3n) is 3.24. The van der Waals surface area contributed by atoms with Crippen molar-refractivity contribution in [2.45, 2.75) is 38.6 Å². The van der Waals surface area contributed by atoms with Gasteiger partial charge >= 0.3 is 6.18 Å². The van der Waals surface area contributed by atoms with Crippen molar-refractivity contribution in [3.8, 4) is 0 Å². The van der Waals surface area contributed by atoms with Gasteiger partial charge in [0.25, 0.3) is 0 Å². The lowest BCUT2D eigenvalue weighted by molar-refractivity contribution is -0.145. The fraction of sp³-hybridized carbons (Fsp3) is 0.500. The van der Waals surface area contributed by atoms with Crippen molar-refractivity contribution in [1.29, 1.82) is 0 Å². The fourth-order valence-electron chi connectivity index (χ4n) is 2.07. The van der Waals surface area contributed by atoms with Crippen LogP contribution >= 0.6 is 11.6 Å². The van der Waals surface area contributed by atoms with Gasteiger partial charge in [0.1, 0.15) is 18.1 Å². The largest absolute Gasteiger partial charge is 0.433 e. The van der Waals surface area contributed by atoms with E-state index in [9.17, 15) is 13.2 Å². The second-order valence-corrected chi connectivity index (χ2v) is 12.3. The van der Waals surface area contributed by atoms with Crippen molar-refractivity contribution in [1.82, 2.24) is 9.55 Å². The van der Waals surface area contributed by atoms with Gasteiger partial charge in [0.15, 0.2) is 0 Å². The predicted molar refractivity (Wildman–Crippen MR) is 83.9 cm³/mol. The molecule has 2 rings (SSSR count).